The lowest BCUT2D eigenvalue weighted by Crippen LogP contribution is -2.33. The largest absolute Gasteiger partial charge is 0.479 e. The number of hydrogen-bond acceptors (Lipinski definition) is 5. The Morgan fingerprint density at radius 1 is 1.29 bits per heavy atom. The van der Waals surface area contributed by atoms with Crippen LogP contribution in [0.1, 0.15) is 18.4 Å². The Morgan fingerprint density at radius 2 is 2.12 bits per heavy atom. The van der Waals surface area contributed by atoms with Gasteiger partial charge < -0.3 is 9.15 Å². The maximum atomic E-state index is 12.1. The third-order valence-corrected chi connectivity index (χ3v) is 3.40. The minimum absolute atomic E-state index is 0.359. The van der Waals surface area contributed by atoms with Crippen molar-refractivity contribution in [3.05, 3.63) is 60.2 Å². The maximum Gasteiger partial charge on any atom is 0.280 e. The molecule has 0 spiro atoms. The molecule has 0 saturated heterocycles. The Balaban J connectivity index is 1.64. The highest BCUT2D eigenvalue weighted by atomic mass is 16.5. The van der Waals surface area contributed by atoms with Gasteiger partial charge in [-0.1, -0.05) is 18.2 Å². The molecule has 0 saturated carbocycles. The molecular weight excluding hydrogens is 306 g/mol. The summed E-state index contributed by atoms with van der Waals surface area (Å²) in [4.78, 5) is 16.4. The number of furan rings is 1. The first-order valence-electron chi connectivity index (χ1n) is 7.53. The fourth-order valence-electron chi connectivity index (χ4n) is 2.19. The molecule has 0 fully saturated rings. The smallest absolute Gasteiger partial charge is 0.280 e. The summed E-state index contributed by atoms with van der Waals surface area (Å²) in [6.45, 7) is 3.49. The highest BCUT2D eigenvalue weighted by Gasteiger charge is 2.15. The van der Waals surface area contributed by atoms with E-state index in [0.29, 0.717) is 17.0 Å². The molecule has 1 aromatic carbocycles. The van der Waals surface area contributed by atoms with Gasteiger partial charge in [0, 0.05) is 11.6 Å². The van der Waals surface area contributed by atoms with Gasteiger partial charge in [0.2, 0.25) is 0 Å². The molecule has 2 heterocycles. The number of hydrogen-bond donors (Lipinski definition) is 1. The molecule has 6 heteroatoms. The summed E-state index contributed by atoms with van der Waals surface area (Å²) >= 11 is 0. The Hall–Kier alpha value is -3.15. The van der Waals surface area contributed by atoms with E-state index < -0.39 is 6.10 Å². The topological polar surface area (TPSA) is 76.7 Å². The summed E-state index contributed by atoms with van der Waals surface area (Å²) in [6.07, 6.45) is 2.42. The van der Waals surface area contributed by atoms with E-state index in [9.17, 15) is 4.79 Å². The Bertz CT molecular complexity index is 881. The van der Waals surface area contributed by atoms with Crippen LogP contribution in [0.4, 0.5) is 0 Å². The number of carbonyl (C=O) groups excluding carboxylic acids is 1. The monoisotopic (exact) mass is 323 g/mol. The number of aromatic nitrogens is 1. The van der Waals surface area contributed by atoms with Crippen molar-refractivity contribution in [2.75, 3.05) is 0 Å². The van der Waals surface area contributed by atoms with Crippen LogP contribution in [0.3, 0.4) is 0 Å². The van der Waals surface area contributed by atoms with Crippen molar-refractivity contribution in [2.24, 2.45) is 5.10 Å². The van der Waals surface area contributed by atoms with E-state index in [1.54, 1.807) is 25.3 Å². The van der Waals surface area contributed by atoms with Crippen molar-refractivity contribution in [2.45, 2.75) is 20.0 Å². The summed E-state index contributed by atoms with van der Waals surface area (Å²) in [5.74, 6) is 1.55. The molecule has 6 nitrogen and oxygen atoms in total. The zero-order valence-electron chi connectivity index (χ0n) is 13.4. The standard InChI is InChI=1S/C18H17N3O3/c1-12-8-9-15(23-12)11-20-21-18(22)13(2)24-16-7-3-5-14-6-4-10-19-17(14)16/h3-11,13H,1-2H3,(H,21,22)/b20-11-/t13-/m1/s1. The molecule has 1 atom stereocenters. The molecule has 24 heavy (non-hydrogen) atoms. The minimum Gasteiger partial charge on any atom is -0.479 e. The van der Waals surface area contributed by atoms with Gasteiger partial charge in [-0.3, -0.25) is 9.78 Å². The van der Waals surface area contributed by atoms with Gasteiger partial charge in [-0.15, -0.1) is 0 Å². The molecule has 0 bridgehead atoms. The number of nitrogens with one attached hydrogen (secondary N) is 1. The van der Waals surface area contributed by atoms with E-state index in [4.69, 9.17) is 9.15 Å². The molecule has 0 unspecified atom stereocenters. The van der Waals surface area contributed by atoms with E-state index in [2.05, 4.69) is 15.5 Å². The average molecular weight is 323 g/mol. The predicted octanol–water partition coefficient (Wildman–Crippen LogP) is 3.05. The van der Waals surface area contributed by atoms with Crippen molar-refractivity contribution in [3.8, 4) is 5.75 Å². The van der Waals surface area contributed by atoms with Crippen molar-refractivity contribution in [1.29, 1.82) is 0 Å². The molecule has 2 aromatic heterocycles. The van der Waals surface area contributed by atoms with E-state index in [1.165, 1.54) is 6.21 Å². The second kappa shape index (κ2) is 6.95. The fourth-order valence-corrected chi connectivity index (χ4v) is 2.19. The summed E-state index contributed by atoms with van der Waals surface area (Å²) in [7, 11) is 0. The summed E-state index contributed by atoms with van der Waals surface area (Å²) < 4.78 is 11.1. The van der Waals surface area contributed by atoms with Gasteiger partial charge in [-0.05, 0) is 38.1 Å². The highest BCUT2D eigenvalue weighted by Crippen LogP contribution is 2.23. The Morgan fingerprint density at radius 3 is 2.92 bits per heavy atom. The second-order valence-electron chi connectivity index (χ2n) is 5.27. The molecule has 0 aliphatic carbocycles. The fraction of sp³-hybridized carbons (Fsp3) is 0.167. The number of nitrogens with zero attached hydrogens (tertiary/aromatic N) is 2. The Kier molecular flexibility index (Phi) is 4.56. The molecule has 3 rings (SSSR count). The number of benzene rings is 1. The molecule has 0 aliphatic heterocycles. The van der Waals surface area contributed by atoms with Crippen molar-refractivity contribution in [3.63, 3.8) is 0 Å². The van der Waals surface area contributed by atoms with Gasteiger partial charge in [0.15, 0.2) is 6.10 Å². The lowest BCUT2D eigenvalue weighted by Gasteiger charge is -2.14. The zero-order chi connectivity index (χ0) is 16.9. The first kappa shape index (κ1) is 15.7. The highest BCUT2D eigenvalue weighted by molar-refractivity contribution is 5.86. The van der Waals surface area contributed by atoms with E-state index in [-0.39, 0.29) is 5.91 Å². The van der Waals surface area contributed by atoms with Gasteiger partial charge in [0.25, 0.3) is 5.91 Å². The van der Waals surface area contributed by atoms with Gasteiger partial charge in [0.05, 0.1) is 6.21 Å². The first-order valence-corrected chi connectivity index (χ1v) is 7.53. The van der Waals surface area contributed by atoms with Crippen LogP contribution in [-0.2, 0) is 4.79 Å². The average Bonchev–Trinajstić information content (AvgIpc) is 3.00. The van der Waals surface area contributed by atoms with E-state index in [0.717, 1.165) is 11.1 Å². The predicted molar refractivity (Wildman–Crippen MR) is 91.0 cm³/mol. The van der Waals surface area contributed by atoms with Gasteiger partial charge in [0.1, 0.15) is 22.8 Å². The van der Waals surface area contributed by atoms with Crippen molar-refractivity contribution in [1.82, 2.24) is 10.4 Å². The number of ether oxygens (including phenoxy) is 1. The molecule has 0 aliphatic rings. The summed E-state index contributed by atoms with van der Waals surface area (Å²) in [6, 6.07) is 13.0. The lowest BCUT2D eigenvalue weighted by atomic mass is 10.2. The zero-order valence-corrected chi connectivity index (χ0v) is 13.4. The number of fused-ring (bicyclic) bond motifs is 1. The lowest BCUT2D eigenvalue weighted by molar-refractivity contribution is -0.127. The molecule has 1 N–H and O–H groups in total. The Labute approximate surface area is 139 Å². The number of hydrazone groups is 1. The van der Waals surface area contributed by atoms with Crippen molar-refractivity contribution >= 4 is 23.0 Å². The number of carbonyl (C=O) groups is 1. The number of pyridine rings is 1. The van der Waals surface area contributed by atoms with Gasteiger partial charge in [-0.25, -0.2) is 5.43 Å². The van der Waals surface area contributed by atoms with Crippen LogP contribution >= 0.6 is 0 Å². The van der Waals surface area contributed by atoms with Crippen molar-refractivity contribution < 1.29 is 13.9 Å². The molecule has 1 amide bonds. The van der Waals surface area contributed by atoms with Crippen LogP contribution < -0.4 is 10.2 Å². The third-order valence-electron chi connectivity index (χ3n) is 3.40. The third kappa shape index (κ3) is 3.60. The normalized spacial score (nSPS) is 12.4. The molecular formula is C18H17N3O3. The second-order valence-corrected chi connectivity index (χ2v) is 5.27. The van der Waals surface area contributed by atoms with Crippen LogP contribution in [0, 0.1) is 6.92 Å². The first-order chi connectivity index (χ1) is 11.6. The number of aryl methyl sites for hydroxylation is 1. The number of rotatable bonds is 5. The minimum atomic E-state index is -0.715. The maximum absolute atomic E-state index is 12.1. The number of para-hydroxylation sites is 1. The summed E-state index contributed by atoms with van der Waals surface area (Å²) in [5.41, 5.74) is 3.15. The molecule has 3 aromatic rings. The molecule has 0 radical (unpaired) electrons. The van der Waals surface area contributed by atoms with Gasteiger partial charge >= 0.3 is 0 Å². The van der Waals surface area contributed by atoms with Gasteiger partial charge in [-0.2, -0.15) is 5.10 Å². The van der Waals surface area contributed by atoms with E-state index in [1.807, 2.05) is 37.3 Å². The SMILES string of the molecule is Cc1ccc(/C=N\NC(=O)[C@@H](C)Oc2cccc3cccnc23)o1. The van der Waals surface area contributed by atoms with Crippen LogP contribution in [0.25, 0.3) is 10.9 Å². The number of amides is 1. The summed E-state index contributed by atoms with van der Waals surface area (Å²) in [5, 5.41) is 4.82. The van der Waals surface area contributed by atoms with Crippen LogP contribution in [0.5, 0.6) is 5.75 Å². The molecule has 122 valence electrons. The van der Waals surface area contributed by atoms with E-state index >= 15 is 0 Å². The van der Waals surface area contributed by atoms with Crippen LogP contribution in [0.2, 0.25) is 0 Å². The van der Waals surface area contributed by atoms with Crippen LogP contribution in [0.15, 0.2) is 58.2 Å². The quantitative estimate of drug-likeness (QED) is 0.578. The van der Waals surface area contributed by atoms with Crippen LogP contribution in [-0.4, -0.2) is 23.2 Å².